The molecule has 0 aliphatic carbocycles. The fourth-order valence-electron chi connectivity index (χ4n) is 0.749. The van der Waals surface area contributed by atoms with Crippen LogP contribution in [0.4, 0.5) is 8.78 Å². The van der Waals surface area contributed by atoms with Crippen LogP contribution in [-0.4, -0.2) is 20.9 Å². The van der Waals surface area contributed by atoms with E-state index in [9.17, 15) is 8.78 Å². The molecule has 0 N–H and O–H groups in total. The fraction of sp³-hybridized carbons (Fsp3) is 0.167. The number of hydrogen-bond acceptors (Lipinski definition) is 6. The maximum absolute atomic E-state index is 12.0. The van der Waals surface area contributed by atoms with Gasteiger partial charge in [-0.05, 0) is 11.8 Å². The summed E-state index contributed by atoms with van der Waals surface area (Å²) in [5, 5.41) is 10.5. The first-order valence-electron chi connectivity index (χ1n) is 3.44. The highest BCUT2D eigenvalue weighted by Crippen LogP contribution is 2.32. The third-order valence-corrected chi connectivity index (χ3v) is 3.85. The molecule has 8 heteroatoms. The van der Waals surface area contributed by atoms with Crippen LogP contribution in [0.2, 0.25) is 0 Å². The van der Waals surface area contributed by atoms with Crippen molar-refractivity contribution >= 4 is 34.4 Å². The summed E-state index contributed by atoms with van der Waals surface area (Å²) in [6.45, 7) is 0. The van der Waals surface area contributed by atoms with E-state index in [4.69, 9.17) is 0 Å². The van der Waals surface area contributed by atoms with Gasteiger partial charge in [-0.2, -0.15) is 8.78 Å². The molecule has 0 fully saturated rings. The number of aromatic nitrogens is 3. The minimum Gasteiger partial charge on any atom is -0.242 e. The lowest BCUT2D eigenvalue weighted by atomic mass is 10.7. The highest BCUT2D eigenvalue weighted by molar-refractivity contribution is 8.01. The highest BCUT2D eigenvalue weighted by Gasteiger charge is 2.13. The molecule has 2 aromatic heterocycles. The third-order valence-electron chi connectivity index (χ3n) is 1.21. The van der Waals surface area contributed by atoms with Crippen molar-refractivity contribution in [3.63, 3.8) is 0 Å². The third kappa shape index (κ3) is 2.25. The topological polar surface area (TPSA) is 38.7 Å². The SMILES string of the molecule is FC(F)Sc1nnc(-c2nccs2)s1. The van der Waals surface area contributed by atoms with Crippen molar-refractivity contribution in [2.24, 2.45) is 0 Å². The Morgan fingerprint density at radius 1 is 1.29 bits per heavy atom. The van der Waals surface area contributed by atoms with Crippen LogP contribution in [0, 0.1) is 0 Å². The van der Waals surface area contributed by atoms with E-state index in [1.54, 1.807) is 11.6 Å². The van der Waals surface area contributed by atoms with Crippen LogP contribution >= 0.6 is 34.4 Å². The van der Waals surface area contributed by atoms with Crippen LogP contribution in [0.5, 0.6) is 0 Å². The Morgan fingerprint density at radius 2 is 2.14 bits per heavy atom. The molecule has 0 saturated carbocycles. The van der Waals surface area contributed by atoms with E-state index in [0.717, 1.165) is 11.3 Å². The van der Waals surface area contributed by atoms with Gasteiger partial charge in [0.05, 0.1) is 0 Å². The van der Waals surface area contributed by atoms with Crippen molar-refractivity contribution in [1.29, 1.82) is 0 Å². The second kappa shape index (κ2) is 4.28. The molecule has 2 aromatic rings. The molecule has 0 amide bonds. The standard InChI is InChI=1S/C6H3F2N3S3/c7-5(8)14-6-11-10-4(13-6)3-9-1-2-12-3/h1-2,5H. The molecule has 14 heavy (non-hydrogen) atoms. The van der Waals surface area contributed by atoms with E-state index < -0.39 is 5.76 Å². The average Bonchev–Trinajstić information content (AvgIpc) is 2.69. The van der Waals surface area contributed by atoms with E-state index in [1.807, 2.05) is 0 Å². The molecule has 0 saturated heterocycles. The number of alkyl halides is 2. The van der Waals surface area contributed by atoms with E-state index in [2.05, 4.69) is 15.2 Å². The van der Waals surface area contributed by atoms with Gasteiger partial charge in [-0.15, -0.1) is 21.5 Å². The van der Waals surface area contributed by atoms with Crippen LogP contribution in [0.25, 0.3) is 10.0 Å². The molecule has 0 bridgehead atoms. The number of halogens is 2. The smallest absolute Gasteiger partial charge is 0.242 e. The molecule has 0 unspecified atom stereocenters. The monoisotopic (exact) mass is 251 g/mol. The Balaban J connectivity index is 2.18. The minimum atomic E-state index is -2.45. The normalized spacial score (nSPS) is 11.1. The van der Waals surface area contributed by atoms with E-state index in [-0.39, 0.29) is 4.34 Å². The van der Waals surface area contributed by atoms with Gasteiger partial charge < -0.3 is 0 Å². The Hall–Kier alpha value is -0.600. The van der Waals surface area contributed by atoms with E-state index >= 15 is 0 Å². The van der Waals surface area contributed by atoms with Gasteiger partial charge in [0.1, 0.15) is 0 Å². The van der Waals surface area contributed by atoms with Gasteiger partial charge >= 0.3 is 0 Å². The molecule has 2 heterocycles. The lowest BCUT2D eigenvalue weighted by molar-refractivity contribution is 0.252. The summed E-state index contributed by atoms with van der Waals surface area (Å²) in [6, 6.07) is 0. The zero-order valence-corrected chi connectivity index (χ0v) is 9.00. The number of thiazole rings is 1. The van der Waals surface area contributed by atoms with Crippen molar-refractivity contribution < 1.29 is 8.78 Å². The second-order valence-electron chi connectivity index (χ2n) is 2.09. The summed E-state index contributed by atoms with van der Waals surface area (Å²) in [7, 11) is 0. The Bertz CT molecular complexity index is 400. The lowest BCUT2D eigenvalue weighted by Crippen LogP contribution is -1.79. The molecule has 0 spiro atoms. The van der Waals surface area contributed by atoms with E-state index in [1.165, 1.54) is 11.3 Å². The maximum atomic E-state index is 12.0. The summed E-state index contributed by atoms with van der Waals surface area (Å²) in [4.78, 5) is 4.01. The molecular weight excluding hydrogens is 248 g/mol. The van der Waals surface area contributed by atoms with Crippen LogP contribution in [0.1, 0.15) is 0 Å². The van der Waals surface area contributed by atoms with Crippen LogP contribution < -0.4 is 0 Å². The van der Waals surface area contributed by atoms with Gasteiger partial charge in [-0.25, -0.2) is 4.98 Å². The summed E-state index contributed by atoms with van der Waals surface area (Å²) >= 11 is 2.94. The second-order valence-corrected chi connectivity index (χ2v) is 5.20. The number of rotatable bonds is 3. The van der Waals surface area contributed by atoms with Gasteiger partial charge in [0.2, 0.25) is 0 Å². The summed E-state index contributed by atoms with van der Waals surface area (Å²) in [5.41, 5.74) is 0. The molecule has 2 rings (SSSR count). The van der Waals surface area contributed by atoms with Crippen LogP contribution in [0.15, 0.2) is 15.9 Å². The highest BCUT2D eigenvalue weighted by atomic mass is 32.2. The molecular formula is C6H3F2N3S3. The van der Waals surface area contributed by atoms with Crippen molar-refractivity contribution in [2.75, 3.05) is 0 Å². The first-order valence-corrected chi connectivity index (χ1v) is 6.01. The largest absolute Gasteiger partial charge is 0.291 e. The summed E-state index contributed by atoms with van der Waals surface area (Å²) in [5.74, 6) is -2.45. The zero-order valence-electron chi connectivity index (χ0n) is 6.55. The predicted octanol–water partition coefficient (Wildman–Crippen LogP) is 2.98. The first kappa shape index (κ1) is 9.94. The summed E-state index contributed by atoms with van der Waals surface area (Å²) < 4.78 is 24.2. The van der Waals surface area contributed by atoms with Crippen molar-refractivity contribution in [3.05, 3.63) is 11.6 Å². The fourth-order valence-corrected chi connectivity index (χ4v) is 2.89. The zero-order chi connectivity index (χ0) is 9.97. The van der Waals surface area contributed by atoms with Crippen molar-refractivity contribution in [2.45, 2.75) is 10.1 Å². The quantitative estimate of drug-likeness (QED) is 0.786. The minimum absolute atomic E-state index is 0.269. The Morgan fingerprint density at radius 3 is 2.79 bits per heavy atom. The summed E-state index contributed by atoms with van der Waals surface area (Å²) in [6.07, 6.45) is 1.64. The van der Waals surface area contributed by atoms with Crippen molar-refractivity contribution in [3.8, 4) is 10.0 Å². The predicted molar refractivity (Wildman–Crippen MR) is 52.9 cm³/mol. The number of thioether (sulfide) groups is 1. The van der Waals surface area contributed by atoms with Gasteiger partial charge in [0, 0.05) is 11.6 Å². The molecule has 0 aromatic carbocycles. The van der Waals surface area contributed by atoms with Crippen molar-refractivity contribution in [1.82, 2.24) is 15.2 Å². The lowest BCUT2D eigenvalue weighted by Gasteiger charge is -1.89. The van der Waals surface area contributed by atoms with E-state index in [0.29, 0.717) is 21.8 Å². The Labute approximate surface area is 90.2 Å². The molecule has 0 aliphatic rings. The van der Waals surface area contributed by atoms with Crippen LogP contribution in [-0.2, 0) is 0 Å². The molecule has 3 nitrogen and oxygen atoms in total. The molecule has 0 radical (unpaired) electrons. The average molecular weight is 251 g/mol. The van der Waals surface area contributed by atoms with Gasteiger partial charge in [0.15, 0.2) is 14.4 Å². The number of hydrogen-bond donors (Lipinski definition) is 0. The molecule has 0 atom stereocenters. The molecule has 0 aliphatic heterocycles. The number of nitrogens with zero attached hydrogens (tertiary/aromatic N) is 3. The Kier molecular flexibility index (Phi) is 3.04. The molecule has 74 valence electrons. The van der Waals surface area contributed by atoms with Gasteiger partial charge in [0.25, 0.3) is 5.76 Å². The van der Waals surface area contributed by atoms with Gasteiger partial charge in [-0.3, -0.25) is 0 Å². The van der Waals surface area contributed by atoms with Gasteiger partial charge in [-0.1, -0.05) is 11.3 Å². The first-order chi connectivity index (χ1) is 6.75. The maximum Gasteiger partial charge on any atom is 0.291 e. The van der Waals surface area contributed by atoms with Crippen LogP contribution in [0.3, 0.4) is 0 Å².